The first-order chi connectivity index (χ1) is 8.85. The molecule has 1 heterocycles. The topological polar surface area (TPSA) is 113 Å². The summed E-state index contributed by atoms with van der Waals surface area (Å²) >= 11 is 0. The Morgan fingerprint density at radius 2 is 2.05 bits per heavy atom. The van der Waals surface area contributed by atoms with Crippen molar-refractivity contribution < 1.29 is 19.5 Å². The maximum atomic E-state index is 11.8. The number of hydrogen-bond acceptors (Lipinski definition) is 3. The van der Waals surface area contributed by atoms with E-state index in [9.17, 15) is 14.4 Å². The van der Waals surface area contributed by atoms with Crippen LogP contribution in [0.1, 0.15) is 32.6 Å². The van der Waals surface area contributed by atoms with Gasteiger partial charge in [0.2, 0.25) is 5.91 Å². The zero-order chi connectivity index (χ0) is 14.5. The van der Waals surface area contributed by atoms with Gasteiger partial charge in [-0.15, -0.1) is 0 Å². The molecule has 7 heteroatoms. The molecule has 1 saturated heterocycles. The normalized spacial score (nSPS) is 22.3. The molecule has 0 aromatic rings. The third kappa shape index (κ3) is 4.42. The van der Waals surface area contributed by atoms with Crippen molar-refractivity contribution in [3.63, 3.8) is 0 Å². The van der Waals surface area contributed by atoms with Crippen molar-refractivity contribution in [3.8, 4) is 0 Å². The standard InChI is InChI=1S/C12H21N3O4/c1-12(10(13)18)5-7-15(8-12)11(19)14-6-3-2-4-9(16)17/h2-8H2,1H3,(H2,13,18)(H,14,19)(H,16,17). The van der Waals surface area contributed by atoms with Crippen LogP contribution in [0.2, 0.25) is 0 Å². The first kappa shape index (κ1) is 15.3. The minimum Gasteiger partial charge on any atom is -0.481 e. The quantitative estimate of drug-likeness (QED) is 0.597. The van der Waals surface area contributed by atoms with Crippen LogP contribution in [0.4, 0.5) is 4.79 Å². The minimum atomic E-state index is -0.830. The van der Waals surface area contributed by atoms with Crippen LogP contribution in [0, 0.1) is 5.41 Å². The molecule has 7 nitrogen and oxygen atoms in total. The molecule has 1 fully saturated rings. The highest BCUT2D eigenvalue weighted by Gasteiger charge is 2.40. The van der Waals surface area contributed by atoms with Crippen LogP contribution in [-0.2, 0) is 9.59 Å². The molecule has 1 atom stereocenters. The maximum absolute atomic E-state index is 11.8. The number of likely N-dealkylation sites (tertiary alicyclic amines) is 1. The van der Waals surface area contributed by atoms with Crippen LogP contribution in [-0.4, -0.2) is 47.5 Å². The Morgan fingerprint density at radius 3 is 2.58 bits per heavy atom. The second kappa shape index (κ2) is 6.40. The van der Waals surface area contributed by atoms with E-state index < -0.39 is 11.4 Å². The molecular formula is C12H21N3O4. The fourth-order valence-electron chi connectivity index (χ4n) is 2.04. The highest BCUT2D eigenvalue weighted by molar-refractivity contribution is 5.83. The van der Waals surface area contributed by atoms with Crippen molar-refractivity contribution in [2.75, 3.05) is 19.6 Å². The third-order valence-corrected chi connectivity index (χ3v) is 3.45. The highest BCUT2D eigenvalue weighted by atomic mass is 16.4. The van der Waals surface area contributed by atoms with Crippen molar-refractivity contribution in [3.05, 3.63) is 0 Å². The number of carboxylic acid groups (broad SMARTS) is 1. The van der Waals surface area contributed by atoms with Gasteiger partial charge in [0, 0.05) is 26.1 Å². The number of hydrogen-bond donors (Lipinski definition) is 3. The van der Waals surface area contributed by atoms with E-state index in [1.165, 1.54) is 0 Å². The molecular weight excluding hydrogens is 250 g/mol. The molecule has 0 saturated carbocycles. The third-order valence-electron chi connectivity index (χ3n) is 3.45. The SMILES string of the molecule is CC1(C(N)=O)CCN(C(=O)NCCCCC(=O)O)C1. The number of nitrogens with zero attached hydrogens (tertiary/aromatic N) is 1. The smallest absolute Gasteiger partial charge is 0.317 e. The molecule has 3 amide bonds. The monoisotopic (exact) mass is 271 g/mol. The van der Waals surface area contributed by atoms with Crippen molar-refractivity contribution in [2.45, 2.75) is 32.6 Å². The van der Waals surface area contributed by atoms with Gasteiger partial charge in [0.1, 0.15) is 0 Å². The van der Waals surface area contributed by atoms with E-state index in [0.717, 1.165) is 0 Å². The summed E-state index contributed by atoms with van der Waals surface area (Å²) in [6.45, 7) is 3.05. The Bertz CT molecular complexity index is 372. The summed E-state index contributed by atoms with van der Waals surface area (Å²) in [4.78, 5) is 34.9. The number of rotatable bonds is 6. The van der Waals surface area contributed by atoms with Crippen LogP contribution < -0.4 is 11.1 Å². The molecule has 108 valence electrons. The summed E-state index contributed by atoms with van der Waals surface area (Å²) < 4.78 is 0. The number of nitrogens with two attached hydrogens (primary N) is 1. The number of unbranched alkanes of at least 4 members (excludes halogenated alkanes) is 1. The minimum absolute atomic E-state index is 0.110. The Kier molecular flexibility index (Phi) is 5.14. The van der Waals surface area contributed by atoms with Gasteiger partial charge in [0.25, 0.3) is 0 Å². The lowest BCUT2D eigenvalue weighted by Gasteiger charge is -2.21. The largest absolute Gasteiger partial charge is 0.481 e. The molecule has 0 aromatic carbocycles. The second-order valence-electron chi connectivity index (χ2n) is 5.18. The van der Waals surface area contributed by atoms with Crippen LogP contribution in [0.3, 0.4) is 0 Å². The van der Waals surface area contributed by atoms with E-state index in [1.807, 2.05) is 0 Å². The fraction of sp³-hybridized carbons (Fsp3) is 0.750. The van der Waals surface area contributed by atoms with Crippen molar-refractivity contribution in [2.24, 2.45) is 11.1 Å². The molecule has 0 aliphatic carbocycles. The predicted molar refractivity (Wildman–Crippen MR) is 68.4 cm³/mol. The van der Waals surface area contributed by atoms with Crippen molar-refractivity contribution in [1.82, 2.24) is 10.2 Å². The molecule has 0 bridgehead atoms. The van der Waals surface area contributed by atoms with Gasteiger partial charge in [-0.25, -0.2) is 4.79 Å². The highest BCUT2D eigenvalue weighted by Crippen LogP contribution is 2.29. The number of nitrogens with one attached hydrogen (secondary N) is 1. The van der Waals surface area contributed by atoms with Gasteiger partial charge in [0.15, 0.2) is 0 Å². The molecule has 1 aliphatic heterocycles. The van der Waals surface area contributed by atoms with Crippen molar-refractivity contribution in [1.29, 1.82) is 0 Å². The summed E-state index contributed by atoms with van der Waals surface area (Å²) in [6, 6.07) is -0.222. The molecule has 0 radical (unpaired) electrons. The van der Waals surface area contributed by atoms with E-state index in [-0.39, 0.29) is 18.4 Å². The Labute approximate surface area is 112 Å². The Balaban J connectivity index is 2.25. The van der Waals surface area contributed by atoms with Gasteiger partial charge in [0.05, 0.1) is 5.41 Å². The van der Waals surface area contributed by atoms with Gasteiger partial charge in [-0.3, -0.25) is 9.59 Å². The van der Waals surface area contributed by atoms with E-state index >= 15 is 0 Å². The first-order valence-corrected chi connectivity index (χ1v) is 6.39. The number of carbonyl (C=O) groups excluding carboxylic acids is 2. The summed E-state index contributed by atoms with van der Waals surface area (Å²) in [7, 11) is 0. The summed E-state index contributed by atoms with van der Waals surface area (Å²) in [5.41, 5.74) is 4.67. The van der Waals surface area contributed by atoms with Crippen LogP contribution >= 0.6 is 0 Å². The van der Waals surface area contributed by atoms with E-state index in [1.54, 1.807) is 11.8 Å². The van der Waals surface area contributed by atoms with Gasteiger partial charge >= 0.3 is 12.0 Å². The Hall–Kier alpha value is -1.79. The van der Waals surface area contributed by atoms with Gasteiger partial charge < -0.3 is 21.1 Å². The van der Waals surface area contributed by atoms with E-state index in [2.05, 4.69) is 5.32 Å². The summed E-state index contributed by atoms with van der Waals surface area (Å²) in [6.07, 6.45) is 1.85. The molecule has 0 spiro atoms. The van der Waals surface area contributed by atoms with Crippen LogP contribution in [0.25, 0.3) is 0 Å². The van der Waals surface area contributed by atoms with E-state index in [4.69, 9.17) is 10.8 Å². The molecule has 1 unspecified atom stereocenters. The molecule has 19 heavy (non-hydrogen) atoms. The fourth-order valence-corrected chi connectivity index (χ4v) is 2.04. The van der Waals surface area contributed by atoms with Crippen LogP contribution in [0.5, 0.6) is 0 Å². The number of amides is 3. The summed E-state index contributed by atoms with van der Waals surface area (Å²) in [5.74, 6) is -1.22. The van der Waals surface area contributed by atoms with E-state index in [0.29, 0.717) is 38.9 Å². The zero-order valence-electron chi connectivity index (χ0n) is 11.1. The molecule has 1 rings (SSSR count). The average molecular weight is 271 g/mol. The number of primary amides is 1. The molecule has 0 aromatic heterocycles. The lowest BCUT2D eigenvalue weighted by atomic mass is 9.89. The van der Waals surface area contributed by atoms with Crippen molar-refractivity contribution >= 4 is 17.9 Å². The second-order valence-corrected chi connectivity index (χ2v) is 5.18. The number of carboxylic acids is 1. The molecule has 1 aliphatic rings. The maximum Gasteiger partial charge on any atom is 0.317 e. The predicted octanol–water partition coefficient (Wildman–Crippen LogP) is 0.148. The number of aliphatic carboxylic acids is 1. The number of carbonyl (C=O) groups is 3. The lowest BCUT2D eigenvalue weighted by Crippen LogP contribution is -2.42. The number of urea groups is 1. The zero-order valence-corrected chi connectivity index (χ0v) is 11.1. The van der Waals surface area contributed by atoms with Gasteiger partial charge in [-0.2, -0.15) is 0 Å². The average Bonchev–Trinajstić information content (AvgIpc) is 2.72. The lowest BCUT2D eigenvalue weighted by molar-refractivity contribution is -0.137. The van der Waals surface area contributed by atoms with Gasteiger partial charge in [-0.1, -0.05) is 0 Å². The molecule has 4 N–H and O–H groups in total. The van der Waals surface area contributed by atoms with Gasteiger partial charge in [-0.05, 0) is 26.2 Å². The van der Waals surface area contributed by atoms with Crippen LogP contribution in [0.15, 0.2) is 0 Å². The first-order valence-electron chi connectivity index (χ1n) is 6.39. The Morgan fingerprint density at radius 1 is 1.37 bits per heavy atom. The summed E-state index contributed by atoms with van der Waals surface area (Å²) in [5, 5.41) is 11.2.